The molecule has 0 aromatic heterocycles. The summed E-state index contributed by atoms with van der Waals surface area (Å²) in [7, 11) is 0. The van der Waals surface area contributed by atoms with Gasteiger partial charge in [0.1, 0.15) is 0 Å². The fourth-order valence-electron chi connectivity index (χ4n) is 12.2. The second-order valence-corrected chi connectivity index (χ2v) is 19.6. The monoisotopic (exact) mass is 954 g/mol. The van der Waals surface area contributed by atoms with Crippen LogP contribution < -0.4 is 9.80 Å². The zero-order chi connectivity index (χ0) is 49.7. The summed E-state index contributed by atoms with van der Waals surface area (Å²) in [5.74, 6) is 0. The first-order valence-corrected chi connectivity index (χ1v) is 25.9. The Hall–Kier alpha value is -9.76. The highest BCUT2D eigenvalue weighted by molar-refractivity contribution is 5.99. The lowest BCUT2D eigenvalue weighted by Crippen LogP contribution is -2.26. The number of hydrogen-bond acceptors (Lipinski definition) is 2. The number of anilines is 6. The van der Waals surface area contributed by atoms with Crippen LogP contribution >= 0.6 is 0 Å². The lowest BCUT2D eigenvalue weighted by molar-refractivity contribution is 0.794. The first-order valence-electron chi connectivity index (χ1n) is 25.9. The molecule has 2 aliphatic carbocycles. The molecule has 12 aromatic carbocycles. The summed E-state index contributed by atoms with van der Waals surface area (Å²) in [6, 6.07) is 111. The summed E-state index contributed by atoms with van der Waals surface area (Å²) in [6.07, 6.45) is 0. The molecule has 0 heterocycles. The highest BCUT2D eigenvalue weighted by Crippen LogP contribution is 2.64. The molecule has 0 unspecified atom stereocenters. The van der Waals surface area contributed by atoms with Crippen LogP contribution in [-0.2, 0) is 5.41 Å². The van der Waals surface area contributed by atoms with Gasteiger partial charge in [0.15, 0.2) is 0 Å². The van der Waals surface area contributed by atoms with Gasteiger partial charge in [-0.05, 0) is 139 Å². The van der Waals surface area contributed by atoms with Crippen LogP contribution in [0.3, 0.4) is 0 Å². The molecule has 0 N–H and O–H groups in total. The quantitative estimate of drug-likeness (QED) is 0.135. The van der Waals surface area contributed by atoms with Crippen molar-refractivity contribution in [1.82, 2.24) is 0 Å². The fraction of sp³-hybridized carbons (Fsp3) is 0.0137. The maximum Gasteiger partial charge on any atom is 0.0725 e. The predicted molar refractivity (Wildman–Crippen MR) is 314 cm³/mol. The van der Waals surface area contributed by atoms with E-state index in [1.54, 1.807) is 0 Å². The highest BCUT2D eigenvalue weighted by Gasteiger charge is 2.52. The summed E-state index contributed by atoms with van der Waals surface area (Å²) >= 11 is 0. The predicted octanol–water partition coefficient (Wildman–Crippen LogP) is 19.6. The summed E-state index contributed by atoms with van der Waals surface area (Å²) < 4.78 is 0. The summed E-state index contributed by atoms with van der Waals surface area (Å²) in [5, 5.41) is 0. The SMILES string of the molecule is c1ccc(-c2ccc(N(c3ccc4c(c3)-c3cc(N(c5ccc(-c6ccccc6)cc5)c5ccccc5-c5ccccc5)ccc3C43c4ccccc4-c4ccccc43)c3ccccc3-c3ccccc3)cc2)cc1. The maximum absolute atomic E-state index is 2.47. The van der Waals surface area contributed by atoms with Crippen molar-refractivity contribution < 1.29 is 0 Å². The molecule has 0 fully saturated rings. The van der Waals surface area contributed by atoms with E-state index in [4.69, 9.17) is 0 Å². The third-order valence-electron chi connectivity index (χ3n) is 15.5. The number of rotatable bonds is 10. The molecule has 0 aliphatic heterocycles. The Kier molecular flexibility index (Phi) is 10.8. The Bertz CT molecular complexity index is 3770. The lowest BCUT2D eigenvalue weighted by atomic mass is 9.70. The van der Waals surface area contributed by atoms with Crippen LogP contribution in [0, 0.1) is 0 Å². The second-order valence-electron chi connectivity index (χ2n) is 19.6. The highest BCUT2D eigenvalue weighted by atomic mass is 15.2. The van der Waals surface area contributed by atoms with E-state index in [-0.39, 0.29) is 0 Å². The molecule has 0 atom stereocenters. The average molecular weight is 955 g/mol. The Morgan fingerprint density at radius 2 is 0.467 bits per heavy atom. The first kappa shape index (κ1) is 44.0. The van der Waals surface area contributed by atoms with Gasteiger partial charge in [0.25, 0.3) is 0 Å². The van der Waals surface area contributed by atoms with Crippen LogP contribution in [0.25, 0.3) is 66.8 Å². The fourth-order valence-corrected chi connectivity index (χ4v) is 12.2. The molecular weight excluding hydrogens is 905 g/mol. The van der Waals surface area contributed by atoms with Crippen molar-refractivity contribution in [3.63, 3.8) is 0 Å². The van der Waals surface area contributed by atoms with Crippen LogP contribution in [0.15, 0.2) is 303 Å². The molecule has 2 heteroatoms. The van der Waals surface area contributed by atoms with Crippen LogP contribution in [0.5, 0.6) is 0 Å². The van der Waals surface area contributed by atoms with E-state index < -0.39 is 5.41 Å². The zero-order valence-corrected chi connectivity index (χ0v) is 41.3. The Labute approximate surface area is 439 Å². The molecule has 352 valence electrons. The van der Waals surface area contributed by atoms with Crippen molar-refractivity contribution in [1.29, 1.82) is 0 Å². The molecule has 1 spiro atoms. The smallest absolute Gasteiger partial charge is 0.0725 e. The van der Waals surface area contributed by atoms with Crippen molar-refractivity contribution in [2.24, 2.45) is 0 Å². The molecule has 0 saturated heterocycles. The van der Waals surface area contributed by atoms with E-state index in [2.05, 4.69) is 313 Å². The third-order valence-corrected chi connectivity index (χ3v) is 15.5. The van der Waals surface area contributed by atoms with Crippen LogP contribution in [-0.4, -0.2) is 0 Å². The summed E-state index contributed by atoms with van der Waals surface area (Å²) in [5.41, 5.74) is 25.6. The average Bonchev–Trinajstić information content (AvgIpc) is 4.13. The van der Waals surface area contributed by atoms with Gasteiger partial charge >= 0.3 is 0 Å². The molecule has 0 bridgehead atoms. The molecule has 2 aliphatic rings. The van der Waals surface area contributed by atoms with E-state index in [1.165, 1.54) is 77.9 Å². The van der Waals surface area contributed by atoms with Gasteiger partial charge in [0.05, 0.1) is 16.8 Å². The van der Waals surface area contributed by atoms with Gasteiger partial charge in [-0.25, -0.2) is 0 Å². The Morgan fingerprint density at radius 1 is 0.187 bits per heavy atom. The minimum absolute atomic E-state index is 0.539. The van der Waals surface area contributed by atoms with Crippen molar-refractivity contribution in [2.75, 3.05) is 9.80 Å². The normalized spacial score (nSPS) is 12.4. The topological polar surface area (TPSA) is 6.48 Å². The number of benzene rings is 12. The standard InChI is InChI=1S/C73H50N2/c1-5-21-51(22-6-1)53-37-41-57(42-38-53)74(71-35-19-15-29-61(71)55-25-9-3-10-26-55)59-45-47-69-65(49-59)66-50-60(46-48-70(66)73(69)67-33-17-13-31-63(67)64-32-14-18-34-68(64)73)75(58-43-39-54(40-44-58)52-23-7-2-8-24-52)72-36-20-16-30-62(72)56-27-11-4-12-28-56/h1-50H. The molecule has 0 radical (unpaired) electrons. The van der Waals surface area contributed by atoms with Crippen molar-refractivity contribution in [2.45, 2.75) is 5.41 Å². The van der Waals surface area contributed by atoms with Crippen molar-refractivity contribution >= 4 is 34.1 Å². The van der Waals surface area contributed by atoms with E-state index in [9.17, 15) is 0 Å². The number of hydrogen-bond donors (Lipinski definition) is 0. The van der Waals surface area contributed by atoms with Gasteiger partial charge in [0.2, 0.25) is 0 Å². The summed E-state index contributed by atoms with van der Waals surface area (Å²) in [6.45, 7) is 0. The zero-order valence-electron chi connectivity index (χ0n) is 41.3. The Morgan fingerprint density at radius 3 is 0.853 bits per heavy atom. The van der Waals surface area contributed by atoms with Gasteiger partial charge in [-0.3, -0.25) is 0 Å². The van der Waals surface area contributed by atoms with E-state index in [0.717, 1.165) is 45.3 Å². The molecule has 75 heavy (non-hydrogen) atoms. The van der Waals surface area contributed by atoms with E-state index in [0.29, 0.717) is 0 Å². The van der Waals surface area contributed by atoms with Gasteiger partial charge in [-0.1, -0.05) is 243 Å². The van der Waals surface area contributed by atoms with Gasteiger partial charge in [0, 0.05) is 33.9 Å². The third kappa shape index (κ3) is 7.33. The molecule has 2 nitrogen and oxygen atoms in total. The minimum Gasteiger partial charge on any atom is -0.310 e. The van der Waals surface area contributed by atoms with E-state index in [1.807, 2.05) is 0 Å². The van der Waals surface area contributed by atoms with Crippen molar-refractivity contribution in [3.8, 4) is 66.8 Å². The van der Waals surface area contributed by atoms with Crippen LogP contribution in [0.2, 0.25) is 0 Å². The van der Waals surface area contributed by atoms with Gasteiger partial charge in [-0.15, -0.1) is 0 Å². The van der Waals surface area contributed by atoms with Crippen LogP contribution in [0.1, 0.15) is 22.3 Å². The first-order chi connectivity index (χ1) is 37.2. The number of fused-ring (bicyclic) bond motifs is 10. The van der Waals surface area contributed by atoms with Crippen molar-refractivity contribution in [3.05, 3.63) is 326 Å². The maximum atomic E-state index is 2.47. The molecule has 0 saturated carbocycles. The largest absolute Gasteiger partial charge is 0.310 e. The van der Waals surface area contributed by atoms with Gasteiger partial charge in [-0.2, -0.15) is 0 Å². The van der Waals surface area contributed by atoms with Gasteiger partial charge < -0.3 is 9.80 Å². The molecule has 14 rings (SSSR count). The Balaban J connectivity index is 1.01. The minimum atomic E-state index is -0.539. The number of nitrogens with zero attached hydrogens (tertiary/aromatic N) is 2. The number of para-hydroxylation sites is 2. The molecule has 0 amide bonds. The van der Waals surface area contributed by atoms with E-state index >= 15 is 0 Å². The summed E-state index contributed by atoms with van der Waals surface area (Å²) in [4.78, 5) is 4.91. The van der Waals surface area contributed by atoms with Crippen LogP contribution in [0.4, 0.5) is 34.1 Å². The molecular formula is C73H50N2. The molecule has 12 aromatic rings. The second kappa shape index (κ2) is 18.4. The lowest BCUT2D eigenvalue weighted by Gasteiger charge is -2.32.